The van der Waals surface area contributed by atoms with E-state index in [9.17, 15) is 9.59 Å². The van der Waals surface area contributed by atoms with Crippen LogP contribution in [-0.4, -0.2) is 63.5 Å². The first kappa shape index (κ1) is 21.0. The number of rotatable bonds is 5. The average Bonchev–Trinajstić information content (AvgIpc) is 3.45. The van der Waals surface area contributed by atoms with E-state index in [1.54, 1.807) is 21.1 Å². The van der Waals surface area contributed by atoms with Crippen LogP contribution in [0.4, 0.5) is 0 Å². The number of amides is 2. The summed E-state index contributed by atoms with van der Waals surface area (Å²) in [7, 11) is 3.20. The molecule has 0 spiro atoms. The van der Waals surface area contributed by atoms with Crippen molar-refractivity contribution >= 4 is 23.3 Å². The standard InChI is InChI=1S/C21H24N6O3S/c1-12-18(31-26-25-12)21(29)27-10-4-5-14(11-27)19-23-16(17(24-19)20(28)22-2)13-6-8-15(30-3)9-7-13/h6-9,14H,4-5,10-11H2,1-3H3,(H,22,28)(H,23,24)/t14-/m1/s1. The number of likely N-dealkylation sites (tertiary alicyclic amines) is 1. The third kappa shape index (κ3) is 4.15. The topological polar surface area (TPSA) is 113 Å². The van der Waals surface area contributed by atoms with E-state index in [-0.39, 0.29) is 17.7 Å². The maximum absolute atomic E-state index is 12.9. The van der Waals surface area contributed by atoms with Crippen LogP contribution in [-0.2, 0) is 0 Å². The number of ether oxygens (including phenoxy) is 1. The van der Waals surface area contributed by atoms with Gasteiger partial charge in [-0.3, -0.25) is 9.59 Å². The predicted octanol–water partition coefficient (Wildman–Crippen LogP) is 2.62. The first-order chi connectivity index (χ1) is 15.0. The molecule has 1 fully saturated rings. The van der Waals surface area contributed by atoms with Crippen molar-refractivity contribution in [3.05, 3.63) is 46.4 Å². The van der Waals surface area contributed by atoms with Gasteiger partial charge in [0.1, 0.15) is 27.8 Å². The number of imidazole rings is 1. The molecule has 1 aliphatic rings. The van der Waals surface area contributed by atoms with Crippen LogP contribution >= 0.6 is 11.5 Å². The zero-order valence-corrected chi connectivity index (χ0v) is 18.5. The van der Waals surface area contributed by atoms with Crippen molar-refractivity contribution in [3.63, 3.8) is 0 Å². The zero-order chi connectivity index (χ0) is 22.0. The van der Waals surface area contributed by atoms with Gasteiger partial charge in [0.15, 0.2) is 0 Å². The molecule has 31 heavy (non-hydrogen) atoms. The number of benzene rings is 1. The fourth-order valence-electron chi connectivity index (χ4n) is 3.79. The summed E-state index contributed by atoms with van der Waals surface area (Å²) in [6.07, 6.45) is 1.74. The fraction of sp³-hybridized carbons (Fsp3) is 0.381. The third-order valence-corrected chi connectivity index (χ3v) is 6.30. The number of H-pyrrole nitrogens is 1. The number of carbonyl (C=O) groups is 2. The van der Waals surface area contributed by atoms with Gasteiger partial charge in [-0.15, -0.1) is 5.10 Å². The van der Waals surface area contributed by atoms with Gasteiger partial charge in [-0.1, -0.05) is 4.49 Å². The zero-order valence-electron chi connectivity index (χ0n) is 17.6. The summed E-state index contributed by atoms with van der Waals surface area (Å²) in [5.41, 5.74) is 2.47. The van der Waals surface area contributed by atoms with Crippen molar-refractivity contribution in [1.82, 2.24) is 29.8 Å². The molecule has 2 N–H and O–H groups in total. The Balaban J connectivity index is 1.62. The van der Waals surface area contributed by atoms with Gasteiger partial charge in [0.25, 0.3) is 11.8 Å². The number of aryl methyl sites for hydroxylation is 1. The Morgan fingerprint density at radius 1 is 1.29 bits per heavy atom. The summed E-state index contributed by atoms with van der Waals surface area (Å²) in [6, 6.07) is 7.43. The summed E-state index contributed by atoms with van der Waals surface area (Å²) >= 11 is 1.12. The van der Waals surface area contributed by atoms with E-state index in [4.69, 9.17) is 9.72 Å². The minimum Gasteiger partial charge on any atom is -0.497 e. The van der Waals surface area contributed by atoms with Gasteiger partial charge < -0.3 is 19.9 Å². The van der Waals surface area contributed by atoms with Crippen molar-refractivity contribution in [2.45, 2.75) is 25.7 Å². The molecule has 0 unspecified atom stereocenters. The average molecular weight is 441 g/mol. The number of nitrogens with one attached hydrogen (secondary N) is 2. The van der Waals surface area contributed by atoms with Gasteiger partial charge in [-0.2, -0.15) is 0 Å². The van der Waals surface area contributed by atoms with E-state index < -0.39 is 0 Å². The smallest absolute Gasteiger partial charge is 0.269 e. The summed E-state index contributed by atoms with van der Waals surface area (Å²) in [4.78, 5) is 35.8. The summed E-state index contributed by atoms with van der Waals surface area (Å²) in [6.45, 7) is 3.00. The first-order valence-electron chi connectivity index (χ1n) is 10.1. The highest BCUT2D eigenvalue weighted by molar-refractivity contribution is 7.07. The molecule has 1 aromatic carbocycles. The normalized spacial score (nSPS) is 16.2. The Kier molecular flexibility index (Phi) is 5.99. The molecular formula is C21H24N6O3S. The minimum absolute atomic E-state index is 0.00860. The number of aromatic nitrogens is 4. The Bertz CT molecular complexity index is 1090. The summed E-state index contributed by atoms with van der Waals surface area (Å²) < 4.78 is 9.10. The Labute approximate surface area is 184 Å². The van der Waals surface area contributed by atoms with Gasteiger partial charge in [0.2, 0.25) is 0 Å². The van der Waals surface area contributed by atoms with E-state index in [0.717, 1.165) is 35.7 Å². The van der Waals surface area contributed by atoms with Crippen molar-refractivity contribution < 1.29 is 14.3 Å². The van der Waals surface area contributed by atoms with Crippen LogP contribution in [0.5, 0.6) is 5.75 Å². The molecule has 162 valence electrons. The van der Waals surface area contributed by atoms with Crippen LogP contribution in [0.2, 0.25) is 0 Å². The van der Waals surface area contributed by atoms with E-state index in [2.05, 4.69) is 19.9 Å². The van der Waals surface area contributed by atoms with E-state index in [1.807, 2.05) is 29.2 Å². The number of carbonyl (C=O) groups excluding carboxylic acids is 2. The second kappa shape index (κ2) is 8.84. The summed E-state index contributed by atoms with van der Waals surface area (Å²) in [5.74, 6) is 1.16. The maximum Gasteiger partial charge on any atom is 0.269 e. The highest BCUT2D eigenvalue weighted by Gasteiger charge is 2.30. The lowest BCUT2D eigenvalue weighted by atomic mass is 9.97. The van der Waals surface area contributed by atoms with Gasteiger partial charge in [0, 0.05) is 31.6 Å². The van der Waals surface area contributed by atoms with Crippen molar-refractivity contribution in [1.29, 1.82) is 0 Å². The Morgan fingerprint density at radius 3 is 2.71 bits per heavy atom. The van der Waals surface area contributed by atoms with Crippen LogP contribution < -0.4 is 10.1 Å². The fourth-order valence-corrected chi connectivity index (χ4v) is 4.41. The second-order valence-corrected chi connectivity index (χ2v) is 8.19. The molecule has 1 aliphatic heterocycles. The van der Waals surface area contributed by atoms with Crippen molar-refractivity contribution in [2.75, 3.05) is 27.2 Å². The number of piperidine rings is 1. The lowest BCUT2D eigenvalue weighted by molar-refractivity contribution is 0.0708. The largest absolute Gasteiger partial charge is 0.497 e. The molecule has 2 amide bonds. The molecule has 9 nitrogen and oxygen atoms in total. The molecule has 0 radical (unpaired) electrons. The van der Waals surface area contributed by atoms with Gasteiger partial charge in [-0.05, 0) is 55.6 Å². The lowest BCUT2D eigenvalue weighted by Crippen LogP contribution is -2.39. The minimum atomic E-state index is -0.236. The van der Waals surface area contributed by atoms with Crippen LogP contribution in [0.15, 0.2) is 24.3 Å². The first-order valence-corrected chi connectivity index (χ1v) is 10.8. The van der Waals surface area contributed by atoms with Crippen LogP contribution in [0, 0.1) is 6.92 Å². The number of hydrogen-bond acceptors (Lipinski definition) is 7. The molecule has 0 aliphatic carbocycles. The van der Waals surface area contributed by atoms with Gasteiger partial charge >= 0.3 is 0 Å². The quantitative estimate of drug-likeness (QED) is 0.631. The van der Waals surface area contributed by atoms with Crippen LogP contribution in [0.1, 0.15) is 50.4 Å². The van der Waals surface area contributed by atoms with Gasteiger partial charge in [0.05, 0.1) is 12.8 Å². The Hall–Kier alpha value is -3.27. The molecule has 10 heteroatoms. The Morgan fingerprint density at radius 2 is 2.06 bits per heavy atom. The number of hydrogen-bond donors (Lipinski definition) is 2. The monoisotopic (exact) mass is 440 g/mol. The highest BCUT2D eigenvalue weighted by Crippen LogP contribution is 2.31. The molecule has 4 rings (SSSR count). The number of methoxy groups -OCH3 is 1. The molecule has 3 aromatic rings. The summed E-state index contributed by atoms with van der Waals surface area (Å²) in [5, 5.41) is 6.62. The molecule has 0 saturated carbocycles. The number of nitrogens with zero attached hydrogens (tertiary/aromatic N) is 4. The molecule has 0 bridgehead atoms. The second-order valence-electron chi connectivity index (χ2n) is 7.43. The van der Waals surface area contributed by atoms with Crippen LogP contribution in [0.3, 0.4) is 0 Å². The molecule has 1 atom stereocenters. The molecule has 2 aromatic heterocycles. The molecule has 1 saturated heterocycles. The van der Waals surface area contributed by atoms with Crippen LogP contribution in [0.25, 0.3) is 11.3 Å². The molecule has 3 heterocycles. The van der Waals surface area contributed by atoms with Crippen molar-refractivity contribution in [3.8, 4) is 17.0 Å². The SMILES string of the molecule is CNC(=O)c1[nH]c([C@@H]2CCCN(C(=O)c3snnc3C)C2)nc1-c1ccc(OC)cc1. The highest BCUT2D eigenvalue weighted by atomic mass is 32.1. The van der Waals surface area contributed by atoms with E-state index >= 15 is 0 Å². The number of aromatic amines is 1. The maximum atomic E-state index is 12.9. The van der Waals surface area contributed by atoms with Crippen molar-refractivity contribution in [2.24, 2.45) is 0 Å². The van der Waals surface area contributed by atoms with Gasteiger partial charge in [-0.25, -0.2) is 4.98 Å². The van der Waals surface area contributed by atoms with E-state index in [1.165, 1.54) is 0 Å². The van der Waals surface area contributed by atoms with E-state index in [0.29, 0.717) is 40.9 Å². The third-order valence-electron chi connectivity index (χ3n) is 5.48. The predicted molar refractivity (Wildman–Crippen MR) is 116 cm³/mol. The lowest BCUT2D eigenvalue weighted by Gasteiger charge is -2.31. The molecular weight excluding hydrogens is 416 g/mol.